The van der Waals surface area contributed by atoms with Gasteiger partial charge in [0, 0.05) is 56.9 Å². The average Bonchev–Trinajstić information content (AvgIpc) is 3.04. The van der Waals surface area contributed by atoms with E-state index in [1.807, 2.05) is 4.31 Å². The molecule has 4 heterocycles. The number of thiophene rings is 1. The number of halogens is 1. The van der Waals surface area contributed by atoms with Crippen molar-refractivity contribution in [2.45, 2.75) is 6.54 Å². The Balaban J connectivity index is 1.53. The summed E-state index contributed by atoms with van der Waals surface area (Å²) in [6.45, 7) is 7.50. The molecule has 2 aromatic rings. The molecule has 7 nitrogen and oxygen atoms in total. The molecule has 0 aliphatic carbocycles. The number of ether oxygens (including phenoxy) is 1. The Morgan fingerprint density at radius 2 is 1.92 bits per heavy atom. The number of hydrogen-bond donors (Lipinski definition) is 0. The molecule has 0 amide bonds. The number of fused-ring (bicyclic) bond motifs is 1. The third-order valence-corrected chi connectivity index (χ3v) is 7.06. The van der Waals surface area contributed by atoms with Crippen LogP contribution in [0, 0.1) is 0 Å². The van der Waals surface area contributed by atoms with Crippen molar-refractivity contribution in [2.75, 3.05) is 63.6 Å². The van der Waals surface area contributed by atoms with Crippen LogP contribution in [0.5, 0.6) is 0 Å². The fraction of sp³-hybridized carbons (Fsp3) is 0.625. The van der Waals surface area contributed by atoms with Crippen molar-refractivity contribution in [2.24, 2.45) is 0 Å². The van der Waals surface area contributed by atoms with Crippen molar-refractivity contribution in [3.63, 3.8) is 0 Å². The van der Waals surface area contributed by atoms with Crippen LogP contribution in [0.15, 0.2) is 6.07 Å². The van der Waals surface area contributed by atoms with Crippen molar-refractivity contribution >= 4 is 50.0 Å². The van der Waals surface area contributed by atoms with Crippen LogP contribution in [-0.4, -0.2) is 82.1 Å². The van der Waals surface area contributed by atoms with E-state index in [2.05, 4.69) is 25.8 Å². The molecule has 4 rings (SSSR count). The monoisotopic (exact) mass is 415 g/mol. The molecule has 0 bridgehead atoms. The van der Waals surface area contributed by atoms with Gasteiger partial charge in [-0.1, -0.05) is 0 Å². The summed E-state index contributed by atoms with van der Waals surface area (Å²) in [4.78, 5) is 15.7. The zero-order valence-corrected chi connectivity index (χ0v) is 17.1. The van der Waals surface area contributed by atoms with Gasteiger partial charge in [-0.2, -0.15) is 4.98 Å². The van der Waals surface area contributed by atoms with Gasteiger partial charge in [-0.3, -0.25) is 4.90 Å². The molecule has 2 fully saturated rings. The van der Waals surface area contributed by atoms with Crippen LogP contribution in [0.25, 0.3) is 10.2 Å². The lowest BCUT2D eigenvalue weighted by Crippen LogP contribution is -2.46. The zero-order valence-electron chi connectivity index (χ0n) is 14.7. The quantitative estimate of drug-likeness (QED) is 0.707. The van der Waals surface area contributed by atoms with E-state index < -0.39 is 11.0 Å². The normalized spacial score (nSPS) is 21.4. The minimum atomic E-state index is -0.874. The van der Waals surface area contributed by atoms with Crippen molar-refractivity contribution < 1.29 is 8.95 Å². The summed E-state index contributed by atoms with van der Waals surface area (Å²) in [5.74, 6) is 0.914. The van der Waals surface area contributed by atoms with Gasteiger partial charge in [-0.05, 0) is 17.7 Å². The first kappa shape index (κ1) is 18.5. The fourth-order valence-corrected chi connectivity index (χ4v) is 5.35. The standard InChI is InChI=1S/C16H22ClN5O2S2/c1-26(23)22-4-2-20(3-5-22)11-12-10-13-14(21-6-8-24-9-7-21)18-16(17)19-15(13)25-12/h10H,2-9,11H2,1H3. The van der Waals surface area contributed by atoms with E-state index in [9.17, 15) is 4.21 Å². The average molecular weight is 416 g/mol. The number of rotatable bonds is 4. The van der Waals surface area contributed by atoms with Gasteiger partial charge < -0.3 is 9.64 Å². The highest BCUT2D eigenvalue weighted by atomic mass is 35.5. The first-order chi connectivity index (χ1) is 12.6. The zero-order chi connectivity index (χ0) is 18.1. The minimum Gasteiger partial charge on any atom is -0.378 e. The summed E-state index contributed by atoms with van der Waals surface area (Å²) >= 11 is 7.85. The molecule has 1 atom stereocenters. The Morgan fingerprint density at radius 3 is 2.62 bits per heavy atom. The van der Waals surface area contributed by atoms with E-state index in [-0.39, 0.29) is 0 Å². The number of piperazine rings is 1. The van der Waals surface area contributed by atoms with Crippen LogP contribution in [0.4, 0.5) is 5.82 Å². The van der Waals surface area contributed by atoms with Crippen molar-refractivity contribution in [3.8, 4) is 0 Å². The van der Waals surface area contributed by atoms with Crippen LogP contribution in [0.3, 0.4) is 0 Å². The third-order valence-electron chi connectivity index (χ3n) is 4.78. The molecule has 0 radical (unpaired) electrons. The van der Waals surface area contributed by atoms with E-state index in [4.69, 9.17) is 16.3 Å². The van der Waals surface area contributed by atoms with E-state index >= 15 is 0 Å². The largest absolute Gasteiger partial charge is 0.378 e. The lowest BCUT2D eigenvalue weighted by atomic mass is 10.3. The summed E-state index contributed by atoms with van der Waals surface area (Å²) in [5, 5.41) is 1.37. The third kappa shape index (κ3) is 4.02. The van der Waals surface area contributed by atoms with Crippen LogP contribution in [-0.2, 0) is 22.3 Å². The molecule has 2 aliphatic rings. The molecule has 26 heavy (non-hydrogen) atoms. The van der Waals surface area contributed by atoms with Crippen LogP contribution < -0.4 is 4.90 Å². The molecule has 2 saturated heterocycles. The van der Waals surface area contributed by atoms with Gasteiger partial charge in [0.2, 0.25) is 5.28 Å². The first-order valence-corrected chi connectivity index (χ1v) is 11.4. The summed E-state index contributed by atoms with van der Waals surface area (Å²) < 4.78 is 19.0. The molecule has 2 aliphatic heterocycles. The maximum absolute atomic E-state index is 11.6. The second-order valence-corrected chi connectivity index (χ2v) is 9.29. The molecule has 142 valence electrons. The Kier molecular flexibility index (Phi) is 5.72. The number of morpholine rings is 1. The predicted octanol–water partition coefficient (Wildman–Crippen LogP) is 1.59. The van der Waals surface area contributed by atoms with Crippen molar-refractivity contribution in [1.29, 1.82) is 0 Å². The smallest absolute Gasteiger partial charge is 0.225 e. The van der Waals surface area contributed by atoms with Gasteiger partial charge in [0.05, 0.1) is 29.6 Å². The number of aromatic nitrogens is 2. The molecule has 0 spiro atoms. The summed E-state index contributed by atoms with van der Waals surface area (Å²) in [6.07, 6.45) is 1.75. The second kappa shape index (κ2) is 8.04. The number of nitrogens with zero attached hydrogens (tertiary/aromatic N) is 5. The molecular weight excluding hydrogens is 394 g/mol. The van der Waals surface area contributed by atoms with E-state index in [1.165, 1.54) is 4.88 Å². The number of anilines is 1. The van der Waals surface area contributed by atoms with E-state index in [0.29, 0.717) is 18.5 Å². The number of hydrogen-bond acceptors (Lipinski definition) is 7. The van der Waals surface area contributed by atoms with Crippen molar-refractivity contribution in [3.05, 3.63) is 16.2 Å². The first-order valence-electron chi connectivity index (χ1n) is 8.69. The predicted molar refractivity (Wildman–Crippen MR) is 106 cm³/mol. The van der Waals surface area contributed by atoms with Gasteiger partial charge in [-0.15, -0.1) is 11.3 Å². The lowest BCUT2D eigenvalue weighted by molar-refractivity contribution is 0.122. The molecular formula is C16H22ClN5O2S2. The molecule has 2 aromatic heterocycles. The van der Waals surface area contributed by atoms with Gasteiger partial charge in [0.15, 0.2) is 0 Å². The summed E-state index contributed by atoms with van der Waals surface area (Å²) in [6, 6.07) is 2.20. The Hall–Kier alpha value is -0.840. The summed E-state index contributed by atoms with van der Waals surface area (Å²) in [5.41, 5.74) is 0. The second-order valence-electron chi connectivity index (χ2n) is 6.48. The topological polar surface area (TPSA) is 61.8 Å². The highest BCUT2D eigenvalue weighted by molar-refractivity contribution is 7.81. The van der Waals surface area contributed by atoms with Crippen LogP contribution in [0.1, 0.15) is 4.88 Å². The Labute approximate surface area is 164 Å². The maximum atomic E-state index is 11.6. The van der Waals surface area contributed by atoms with Crippen LogP contribution >= 0.6 is 22.9 Å². The molecule has 0 N–H and O–H groups in total. The van der Waals surface area contributed by atoms with E-state index in [1.54, 1.807) is 17.6 Å². The van der Waals surface area contributed by atoms with Crippen LogP contribution in [0.2, 0.25) is 5.28 Å². The Bertz CT molecular complexity index is 803. The molecule has 0 saturated carbocycles. The SMILES string of the molecule is CS(=O)N1CCN(Cc2cc3c(N4CCOCC4)nc(Cl)nc3s2)CC1. The van der Waals surface area contributed by atoms with Gasteiger partial charge >= 0.3 is 0 Å². The maximum Gasteiger partial charge on any atom is 0.225 e. The molecule has 0 aromatic carbocycles. The minimum absolute atomic E-state index is 0.298. The summed E-state index contributed by atoms with van der Waals surface area (Å²) in [7, 11) is -0.874. The fourth-order valence-electron chi connectivity index (χ4n) is 3.39. The molecule has 10 heteroatoms. The lowest BCUT2D eigenvalue weighted by Gasteiger charge is -2.32. The van der Waals surface area contributed by atoms with E-state index in [0.717, 1.165) is 61.8 Å². The highest BCUT2D eigenvalue weighted by Crippen LogP contribution is 2.33. The molecule has 1 unspecified atom stereocenters. The van der Waals surface area contributed by atoms with Gasteiger partial charge in [0.1, 0.15) is 10.6 Å². The van der Waals surface area contributed by atoms with Gasteiger partial charge in [-0.25, -0.2) is 13.5 Å². The Morgan fingerprint density at radius 1 is 1.19 bits per heavy atom. The highest BCUT2D eigenvalue weighted by Gasteiger charge is 2.22. The van der Waals surface area contributed by atoms with Gasteiger partial charge in [0.25, 0.3) is 0 Å². The van der Waals surface area contributed by atoms with Crippen molar-refractivity contribution in [1.82, 2.24) is 19.2 Å².